The van der Waals surface area contributed by atoms with Crippen molar-refractivity contribution in [3.63, 3.8) is 0 Å². The quantitative estimate of drug-likeness (QED) is 0.680. The smallest absolute Gasteiger partial charge is 0.220 e. The first-order chi connectivity index (χ1) is 11.7. The maximum Gasteiger partial charge on any atom is 0.220 e. The number of methoxy groups -OCH3 is 1. The van der Waals surface area contributed by atoms with Gasteiger partial charge in [-0.25, -0.2) is 0 Å². The Kier molecular flexibility index (Phi) is 8.05. The van der Waals surface area contributed by atoms with Crippen LogP contribution in [0.1, 0.15) is 38.2 Å². The van der Waals surface area contributed by atoms with Crippen molar-refractivity contribution in [3.05, 3.63) is 29.8 Å². The van der Waals surface area contributed by atoms with Crippen LogP contribution < -0.4 is 15.4 Å². The fourth-order valence-electron chi connectivity index (χ4n) is 2.96. The lowest BCUT2D eigenvalue weighted by Gasteiger charge is -2.28. The minimum atomic E-state index is 0.132. The third-order valence-electron chi connectivity index (χ3n) is 4.32. The summed E-state index contributed by atoms with van der Waals surface area (Å²) >= 11 is 0. The van der Waals surface area contributed by atoms with Crippen LogP contribution in [0.5, 0.6) is 5.75 Å². The van der Waals surface area contributed by atoms with Crippen LogP contribution in [0, 0.1) is 0 Å². The number of carbonyl (C=O) groups is 1. The standard InChI is InChI=1S/C19H30N2O3/c1-15-14-17(9-11-20-15)21-19(22)4-3-12-24-18-7-5-16(6-8-18)10-13-23-2/h5-8,15,17,20H,3-4,9-14H2,1-2H3,(H,21,22). The second-order valence-electron chi connectivity index (χ2n) is 6.48. The van der Waals surface area contributed by atoms with Crippen molar-refractivity contribution in [1.29, 1.82) is 0 Å². The maximum atomic E-state index is 12.0. The van der Waals surface area contributed by atoms with Crippen molar-refractivity contribution in [2.75, 3.05) is 26.9 Å². The molecule has 2 N–H and O–H groups in total. The maximum absolute atomic E-state index is 12.0. The van der Waals surface area contributed by atoms with E-state index in [4.69, 9.17) is 9.47 Å². The van der Waals surface area contributed by atoms with Gasteiger partial charge in [-0.1, -0.05) is 12.1 Å². The predicted molar refractivity (Wildman–Crippen MR) is 95.4 cm³/mol. The summed E-state index contributed by atoms with van der Waals surface area (Å²) in [5.74, 6) is 0.983. The average Bonchev–Trinajstić information content (AvgIpc) is 2.58. The van der Waals surface area contributed by atoms with E-state index in [1.807, 2.05) is 12.1 Å². The zero-order valence-corrected chi connectivity index (χ0v) is 14.8. The number of carbonyl (C=O) groups excluding carboxylic acids is 1. The molecule has 1 saturated heterocycles. The van der Waals surface area contributed by atoms with Gasteiger partial charge in [0.25, 0.3) is 0 Å². The van der Waals surface area contributed by atoms with Crippen LogP contribution in [0.3, 0.4) is 0 Å². The van der Waals surface area contributed by atoms with Crippen LogP contribution in [-0.4, -0.2) is 44.9 Å². The molecule has 1 aromatic rings. The van der Waals surface area contributed by atoms with Crippen LogP contribution in [0.25, 0.3) is 0 Å². The molecule has 134 valence electrons. The van der Waals surface area contributed by atoms with E-state index in [-0.39, 0.29) is 5.91 Å². The average molecular weight is 334 g/mol. The van der Waals surface area contributed by atoms with Crippen molar-refractivity contribution in [2.24, 2.45) is 0 Å². The SMILES string of the molecule is COCCc1ccc(OCCCC(=O)NC2CCNC(C)C2)cc1. The van der Waals surface area contributed by atoms with Crippen molar-refractivity contribution in [1.82, 2.24) is 10.6 Å². The lowest BCUT2D eigenvalue weighted by atomic mass is 10.0. The van der Waals surface area contributed by atoms with Crippen LogP contribution in [0.15, 0.2) is 24.3 Å². The molecule has 1 heterocycles. The molecule has 0 radical (unpaired) electrons. The Labute approximate surface area is 145 Å². The minimum absolute atomic E-state index is 0.132. The molecule has 1 aromatic carbocycles. The Bertz CT molecular complexity index is 490. The summed E-state index contributed by atoms with van der Waals surface area (Å²) < 4.78 is 10.8. The monoisotopic (exact) mass is 334 g/mol. The normalized spacial score (nSPS) is 20.6. The zero-order chi connectivity index (χ0) is 17.2. The number of amides is 1. The van der Waals surface area contributed by atoms with Gasteiger partial charge in [-0.3, -0.25) is 4.79 Å². The third-order valence-corrected chi connectivity index (χ3v) is 4.32. The van der Waals surface area contributed by atoms with Crippen molar-refractivity contribution in [3.8, 4) is 5.75 Å². The van der Waals surface area contributed by atoms with Gasteiger partial charge >= 0.3 is 0 Å². The first kappa shape index (κ1) is 18.7. The lowest BCUT2D eigenvalue weighted by molar-refractivity contribution is -0.122. The largest absolute Gasteiger partial charge is 0.494 e. The molecule has 0 aromatic heterocycles. The summed E-state index contributed by atoms with van der Waals surface area (Å²) in [5.41, 5.74) is 1.24. The molecule has 5 heteroatoms. The van der Waals surface area contributed by atoms with Crippen LogP contribution in [0.4, 0.5) is 0 Å². The summed E-state index contributed by atoms with van der Waals surface area (Å²) in [5, 5.41) is 6.52. The third kappa shape index (κ3) is 6.89. The summed E-state index contributed by atoms with van der Waals surface area (Å²) in [6, 6.07) is 8.86. The van der Waals surface area contributed by atoms with E-state index < -0.39 is 0 Å². The Hall–Kier alpha value is -1.59. The summed E-state index contributed by atoms with van der Waals surface area (Å²) in [6.07, 6.45) is 4.19. The Morgan fingerprint density at radius 3 is 2.79 bits per heavy atom. The first-order valence-electron chi connectivity index (χ1n) is 8.91. The highest BCUT2D eigenvalue weighted by Gasteiger charge is 2.19. The highest BCUT2D eigenvalue weighted by atomic mass is 16.5. The molecule has 1 aliphatic rings. The van der Waals surface area contributed by atoms with Crippen LogP contribution in [0.2, 0.25) is 0 Å². The minimum Gasteiger partial charge on any atom is -0.494 e. The number of rotatable bonds is 9. The van der Waals surface area contributed by atoms with Crippen LogP contribution in [-0.2, 0) is 16.0 Å². The second kappa shape index (κ2) is 10.3. The van der Waals surface area contributed by atoms with Crippen molar-refractivity contribution < 1.29 is 14.3 Å². The van der Waals surface area contributed by atoms with Gasteiger partial charge in [0, 0.05) is 25.6 Å². The molecule has 0 saturated carbocycles. The van der Waals surface area contributed by atoms with Gasteiger partial charge < -0.3 is 20.1 Å². The molecule has 0 spiro atoms. The fourth-order valence-corrected chi connectivity index (χ4v) is 2.96. The van der Waals surface area contributed by atoms with E-state index in [2.05, 4.69) is 29.7 Å². The van der Waals surface area contributed by atoms with E-state index in [9.17, 15) is 4.79 Å². The van der Waals surface area contributed by atoms with Gasteiger partial charge in [0.2, 0.25) is 5.91 Å². The summed E-state index contributed by atoms with van der Waals surface area (Å²) in [4.78, 5) is 12.0. The molecule has 2 unspecified atom stereocenters. The highest BCUT2D eigenvalue weighted by Crippen LogP contribution is 2.13. The molecule has 0 bridgehead atoms. The number of piperidine rings is 1. The van der Waals surface area contributed by atoms with Gasteiger partial charge in [-0.15, -0.1) is 0 Å². The molecular weight excluding hydrogens is 304 g/mol. The van der Waals surface area contributed by atoms with Gasteiger partial charge in [0.15, 0.2) is 0 Å². The molecule has 2 atom stereocenters. The Balaban J connectivity index is 1.59. The van der Waals surface area contributed by atoms with E-state index in [0.29, 0.717) is 25.1 Å². The van der Waals surface area contributed by atoms with Gasteiger partial charge in [-0.05, 0) is 56.8 Å². The number of benzene rings is 1. The Morgan fingerprint density at radius 2 is 2.08 bits per heavy atom. The fraction of sp³-hybridized carbons (Fsp3) is 0.632. The van der Waals surface area contributed by atoms with Gasteiger partial charge in [-0.2, -0.15) is 0 Å². The number of hydrogen-bond donors (Lipinski definition) is 2. The van der Waals surface area contributed by atoms with Crippen LogP contribution >= 0.6 is 0 Å². The van der Waals surface area contributed by atoms with Crippen molar-refractivity contribution in [2.45, 2.75) is 51.1 Å². The molecular formula is C19H30N2O3. The van der Waals surface area contributed by atoms with E-state index in [1.165, 1.54) is 5.56 Å². The molecule has 5 nitrogen and oxygen atoms in total. The molecule has 24 heavy (non-hydrogen) atoms. The number of nitrogens with one attached hydrogen (secondary N) is 2. The summed E-state index contributed by atoms with van der Waals surface area (Å²) in [6.45, 7) is 4.43. The summed E-state index contributed by atoms with van der Waals surface area (Å²) in [7, 11) is 1.71. The predicted octanol–water partition coefficient (Wildman–Crippen LogP) is 2.29. The second-order valence-corrected chi connectivity index (χ2v) is 6.48. The first-order valence-corrected chi connectivity index (χ1v) is 8.91. The highest BCUT2D eigenvalue weighted by molar-refractivity contribution is 5.76. The number of hydrogen-bond acceptors (Lipinski definition) is 4. The van der Waals surface area contributed by atoms with Crippen molar-refractivity contribution >= 4 is 5.91 Å². The molecule has 0 aliphatic carbocycles. The molecule has 1 aliphatic heterocycles. The van der Waals surface area contributed by atoms with Gasteiger partial charge in [0.1, 0.15) is 5.75 Å². The number of ether oxygens (including phenoxy) is 2. The van der Waals surface area contributed by atoms with E-state index >= 15 is 0 Å². The zero-order valence-electron chi connectivity index (χ0n) is 14.8. The molecule has 1 amide bonds. The topological polar surface area (TPSA) is 59.6 Å². The Morgan fingerprint density at radius 1 is 1.29 bits per heavy atom. The molecule has 1 fully saturated rings. The molecule has 2 rings (SSSR count). The van der Waals surface area contributed by atoms with Gasteiger partial charge in [0.05, 0.1) is 13.2 Å². The van der Waals surface area contributed by atoms with E-state index in [0.717, 1.165) is 44.6 Å². The lowest BCUT2D eigenvalue weighted by Crippen LogP contribution is -2.46. The van der Waals surface area contributed by atoms with E-state index in [1.54, 1.807) is 7.11 Å².